The van der Waals surface area contributed by atoms with Gasteiger partial charge in [-0.15, -0.1) is 5.10 Å². The van der Waals surface area contributed by atoms with Crippen molar-refractivity contribution in [3.05, 3.63) is 30.3 Å². The van der Waals surface area contributed by atoms with Crippen LogP contribution < -0.4 is 51.4 Å². The maximum absolute atomic E-state index is 4.89. The maximum atomic E-state index is 4.89. The number of hydrogen-bond acceptors (Lipinski definition) is 4. The Labute approximate surface area is 124 Å². The summed E-state index contributed by atoms with van der Waals surface area (Å²) in [5.74, 6) is 0. The van der Waals surface area contributed by atoms with Gasteiger partial charge in [-0.2, -0.15) is 0 Å². The van der Waals surface area contributed by atoms with Crippen LogP contribution in [0.1, 0.15) is 0 Å². The minimum atomic E-state index is 0. The van der Waals surface area contributed by atoms with Crippen LogP contribution in [0.4, 0.5) is 0 Å². The molecule has 0 aliphatic rings. The van der Waals surface area contributed by atoms with E-state index in [0.717, 1.165) is 5.69 Å². The molecule has 0 saturated carbocycles. The Morgan fingerprint density at radius 1 is 1.15 bits per heavy atom. The molecule has 0 N–H and O–H groups in total. The first-order valence-corrected chi connectivity index (χ1v) is 3.79. The smallest absolute Gasteiger partial charge is 0.738 e. The standard InChI is InChI=1S/C7H6N4S.K/c12-7-8-9-10-11(7)6-4-2-1-3-5-6;/h1-5H,(H,8,10,12);/q;+1/p-1. The predicted molar refractivity (Wildman–Crippen MR) is 44.8 cm³/mol. The molecule has 0 spiro atoms. The molecule has 0 amide bonds. The van der Waals surface area contributed by atoms with Gasteiger partial charge in [-0.3, -0.25) is 0 Å². The molecule has 2 rings (SSSR count). The van der Waals surface area contributed by atoms with Gasteiger partial charge >= 0.3 is 51.4 Å². The van der Waals surface area contributed by atoms with Crippen LogP contribution >= 0.6 is 0 Å². The summed E-state index contributed by atoms with van der Waals surface area (Å²) < 4.78 is 1.51. The molecule has 60 valence electrons. The Hall–Kier alpha value is 0.146. The number of para-hydroxylation sites is 1. The van der Waals surface area contributed by atoms with Crippen molar-refractivity contribution < 1.29 is 51.4 Å². The fourth-order valence-electron chi connectivity index (χ4n) is 0.910. The Kier molecular flexibility index (Phi) is 4.43. The summed E-state index contributed by atoms with van der Waals surface area (Å²) in [6.07, 6.45) is 0. The SMILES string of the molecule is [K+].[S-]c1nnnn1-c1ccccc1. The number of nitrogens with zero attached hydrogens (tertiary/aromatic N) is 4. The van der Waals surface area contributed by atoms with Crippen LogP contribution in [0.25, 0.3) is 5.69 Å². The minimum Gasteiger partial charge on any atom is -0.738 e. The average Bonchev–Trinajstić information content (AvgIpc) is 2.53. The van der Waals surface area contributed by atoms with E-state index in [0.29, 0.717) is 5.16 Å². The molecule has 1 aromatic carbocycles. The van der Waals surface area contributed by atoms with E-state index in [9.17, 15) is 0 Å². The summed E-state index contributed by atoms with van der Waals surface area (Å²) in [6.45, 7) is 0. The largest absolute Gasteiger partial charge is 1.00 e. The van der Waals surface area contributed by atoms with Gasteiger partial charge in [0.05, 0.1) is 5.69 Å². The molecule has 0 unspecified atom stereocenters. The zero-order chi connectivity index (χ0) is 8.39. The Bertz CT molecular complexity index is 375. The normalized spacial score (nSPS) is 9.23. The van der Waals surface area contributed by atoms with Gasteiger partial charge in [0.2, 0.25) is 0 Å². The number of aromatic nitrogens is 4. The van der Waals surface area contributed by atoms with Crippen LogP contribution in [-0.2, 0) is 12.6 Å². The van der Waals surface area contributed by atoms with E-state index < -0.39 is 0 Å². The van der Waals surface area contributed by atoms with Gasteiger partial charge in [0, 0.05) is 5.16 Å². The van der Waals surface area contributed by atoms with Crippen LogP contribution in [0.5, 0.6) is 0 Å². The Morgan fingerprint density at radius 3 is 2.38 bits per heavy atom. The van der Waals surface area contributed by atoms with Crippen LogP contribution in [-0.4, -0.2) is 20.2 Å². The number of hydrogen-bond donors (Lipinski definition) is 0. The van der Waals surface area contributed by atoms with Crippen molar-refractivity contribution in [1.29, 1.82) is 0 Å². The van der Waals surface area contributed by atoms with E-state index in [-0.39, 0.29) is 51.4 Å². The average molecular weight is 216 g/mol. The third-order valence-electron chi connectivity index (χ3n) is 1.44. The number of rotatable bonds is 1. The van der Waals surface area contributed by atoms with Crippen molar-refractivity contribution >= 4 is 12.6 Å². The third kappa shape index (κ3) is 2.55. The molecule has 0 fully saturated rings. The molecule has 0 saturated heterocycles. The second-order valence-electron chi connectivity index (χ2n) is 2.21. The summed E-state index contributed by atoms with van der Waals surface area (Å²) in [6, 6.07) is 9.53. The predicted octanol–water partition coefficient (Wildman–Crippen LogP) is -2.43. The second kappa shape index (κ2) is 5.13. The zero-order valence-corrected chi connectivity index (χ0v) is 11.0. The molecule has 0 radical (unpaired) electrons. The molecule has 0 atom stereocenters. The quantitative estimate of drug-likeness (QED) is 0.393. The summed E-state index contributed by atoms with van der Waals surface area (Å²) in [5, 5.41) is 11.2. The molecule has 1 aromatic heterocycles. The molecule has 2 aromatic rings. The van der Waals surface area contributed by atoms with Crippen LogP contribution in [0.3, 0.4) is 0 Å². The zero-order valence-electron chi connectivity index (χ0n) is 7.08. The fraction of sp³-hybridized carbons (Fsp3) is 0. The molecule has 0 bridgehead atoms. The maximum Gasteiger partial charge on any atom is 1.00 e. The monoisotopic (exact) mass is 216 g/mol. The number of benzene rings is 1. The van der Waals surface area contributed by atoms with Gasteiger partial charge in [-0.05, 0) is 22.6 Å². The first-order chi connectivity index (χ1) is 5.88. The van der Waals surface area contributed by atoms with Gasteiger partial charge in [0.25, 0.3) is 0 Å². The van der Waals surface area contributed by atoms with E-state index in [1.165, 1.54) is 4.68 Å². The summed E-state index contributed by atoms with van der Waals surface area (Å²) in [5.41, 5.74) is 0.882. The van der Waals surface area contributed by atoms with Crippen molar-refractivity contribution in [3.63, 3.8) is 0 Å². The Balaban J connectivity index is 0.000000845. The van der Waals surface area contributed by atoms with E-state index in [1.807, 2.05) is 30.3 Å². The minimum absolute atomic E-state index is 0. The van der Waals surface area contributed by atoms with E-state index in [4.69, 9.17) is 12.6 Å². The summed E-state index contributed by atoms with van der Waals surface area (Å²) >= 11 is 4.89. The van der Waals surface area contributed by atoms with Gasteiger partial charge in [0.15, 0.2) is 0 Å². The molecule has 4 nitrogen and oxygen atoms in total. The van der Waals surface area contributed by atoms with Crippen LogP contribution in [0.15, 0.2) is 35.5 Å². The van der Waals surface area contributed by atoms with Gasteiger partial charge < -0.3 is 12.6 Å². The topological polar surface area (TPSA) is 43.6 Å². The number of tetrazole rings is 1. The van der Waals surface area contributed by atoms with Crippen molar-refractivity contribution in [2.24, 2.45) is 0 Å². The van der Waals surface area contributed by atoms with Crippen molar-refractivity contribution in [2.45, 2.75) is 5.16 Å². The molecule has 0 aliphatic heterocycles. The molecule has 6 heteroatoms. The fourth-order valence-corrected chi connectivity index (χ4v) is 1.09. The first-order valence-electron chi connectivity index (χ1n) is 3.39. The molecule has 13 heavy (non-hydrogen) atoms. The Morgan fingerprint density at radius 2 is 1.85 bits per heavy atom. The van der Waals surface area contributed by atoms with Gasteiger partial charge in [-0.1, -0.05) is 18.2 Å². The van der Waals surface area contributed by atoms with Gasteiger partial charge in [0.1, 0.15) is 0 Å². The molecular formula is C7H5KN4S. The van der Waals surface area contributed by atoms with Gasteiger partial charge in [-0.25, -0.2) is 4.68 Å². The molecule has 1 heterocycles. The molecular weight excluding hydrogens is 211 g/mol. The van der Waals surface area contributed by atoms with Crippen LogP contribution in [0.2, 0.25) is 0 Å². The van der Waals surface area contributed by atoms with Crippen molar-refractivity contribution in [2.75, 3.05) is 0 Å². The van der Waals surface area contributed by atoms with Crippen LogP contribution in [0, 0.1) is 0 Å². The third-order valence-corrected chi connectivity index (χ3v) is 1.70. The van der Waals surface area contributed by atoms with E-state index in [2.05, 4.69) is 15.5 Å². The summed E-state index contributed by atoms with van der Waals surface area (Å²) in [4.78, 5) is 0. The van der Waals surface area contributed by atoms with E-state index >= 15 is 0 Å². The van der Waals surface area contributed by atoms with Crippen molar-refractivity contribution in [3.8, 4) is 5.69 Å². The first kappa shape index (κ1) is 11.2. The summed E-state index contributed by atoms with van der Waals surface area (Å²) in [7, 11) is 0. The second-order valence-corrected chi connectivity index (χ2v) is 2.57. The molecule has 0 aliphatic carbocycles. The van der Waals surface area contributed by atoms with E-state index in [1.54, 1.807) is 0 Å². The van der Waals surface area contributed by atoms with Crippen molar-refractivity contribution in [1.82, 2.24) is 20.2 Å².